The number of aromatic amines is 2. The molecule has 1 fully saturated rings. The van der Waals surface area contributed by atoms with E-state index in [0.29, 0.717) is 48.5 Å². The predicted octanol–water partition coefficient (Wildman–Crippen LogP) is 5.30. The number of carbonyl (C=O) groups excluding carboxylic acids is 2. The molecule has 10 nitrogen and oxygen atoms in total. The lowest BCUT2D eigenvalue weighted by Crippen LogP contribution is -2.38. The van der Waals surface area contributed by atoms with Crippen LogP contribution in [0.4, 0.5) is 11.5 Å². The molecule has 0 radical (unpaired) electrons. The van der Waals surface area contributed by atoms with E-state index < -0.39 is 0 Å². The molecule has 0 saturated carbocycles. The van der Waals surface area contributed by atoms with Gasteiger partial charge in [-0.2, -0.15) is 5.10 Å². The molecule has 0 bridgehead atoms. The fourth-order valence-electron chi connectivity index (χ4n) is 5.47. The molecule has 0 atom stereocenters. The molecule has 6 rings (SSSR count). The Morgan fingerprint density at radius 3 is 2.67 bits per heavy atom. The summed E-state index contributed by atoms with van der Waals surface area (Å²) in [6, 6.07) is 19.3. The average Bonchev–Trinajstić information content (AvgIpc) is 3.70. The minimum atomic E-state index is -0.104. The first kappa shape index (κ1) is 27.5. The number of nitrogens with zero attached hydrogens (tertiary/aromatic N) is 5. The van der Waals surface area contributed by atoms with E-state index in [-0.39, 0.29) is 11.8 Å². The molecule has 1 aliphatic heterocycles. The van der Waals surface area contributed by atoms with Gasteiger partial charge in [0.15, 0.2) is 0 Å². The molecular formula is C31H31ClN8O2. The predicted molar refractivity (Wildman–Crippen MR) is 163 cm³/mol. The van der Waals surface area contributed by atoms with Gasteiger partial charge < -0.3 is 20.1 Å². The first-order valence-electron chi connectivity index (χ1n) is 14.0. The maximum atomic E-state index is 13.6. The lowest BCUT2D eigenvalue weighted by Gasteiger charge is -2.32. The van der Waals surface area contributed by atoms with Crippen molar-refractivity contribution in [2.45, 2.75) is 25.7 Å². The van der Waals surface area contributed by atoms with Crippen molar-refractivity contribution in [1.82, 2.24) is 35.4 Å². The van der Waals surface area contributed by atoms with Gasteiger partial charge in [-0.1, -0.05) is 29.8 Å². The summed E-state index contributed by atoms with van der Waals surface area (Å²) in [7, 11) is 0. The zero-order valence-corrected chi connectivity index (χ0v) is 23.9. The van der Waals surface area contributed by atoms with Crippen LogP contribution in [0.25, 0.3) is 22.3 Å². The molecule has 0 aliphatic carbocycles. The van der Waals surface area contributed by atoms with Crippen LogP contribution in [0.5, 0.6) is 0 Å². The lowest BCUT2D eigenvalue weighted by molar-refractivity contribution is -0.118. The molecule has 0 unspecified atom stereocenters. The number of nitrogens with one attached hydrogen (secondary N) is 3. The minimum Gasteiger partial charge on any atom is -0.355 e. The third-order valence-electron chi connectivity index (χ3n) is 7.66. The number of hydrogen-bond acceptors (Lipinski definition) is 6. The van der Waals surface area contributed by atoms with Crippen molar-refractivity contribution >= 4 is 46.0 Å². The van der Waals surface area contributed by atoms with E-state index in [1.807, 2.05) is 70.6 Å². The van der Waals surface area contributed by atoms with Crippen molar-refractivity contribution in [2.24, 2.45) is 0 Å². The normalized spacial score (nSPS) is 13.8. The molecule has 1 saturated heterocycles. The highest BCUT2D eigenvalue weighted by Crippen LogP contribution is 2.32. The molecule has 3 N–H and O–H groups in total. The van der Waals surface area contributed by atoms with Gasteiger partial charge >= 0.3 is 0 Å². The van der Waals surface area contributed by atoms with Crippen LogP contribution >= 0.6 is 11.6 Å². The molecule has 2 amide bonds. The van der Waals surface area contributed by atoms with Gasteiger partial charge in [0.2, 0.25) is 5.91 Å². The minimum absolute atomic E-state index is 0.00180. The number of halogens is 1. The number of carbonyl (C=O) groups is 2. The van der Waals surface area contributed by atoms with Gasteiger partial charge in [0.1, 0.15) is 17.8 Å². The SMILES string of the molecule is CC(=O)NCCN(c1cccc(C(=O)N2CCC(c3cc(-c4ccc(Cl)cc4)n[nH]3)CC2)c1)c1ncnc2[nH]ccc12. The zero-order chi connectivity index (χ0) is 29.1. The first-order valence-corrected chi connectivity index (χ1v) is 14.3. The smallest absolute Gasteiger partial charge is 0.253 e. The summed E-state index contributed by atoms with van der Waals surface area (Å²) in [6.07, 6.45) is 5.03. The molecule has 3 aromatic heterocycles. The molecule has 11 heteroatoms. The molecule has 214 valence electrons. The van der Waals surface area contributed by atoms with E-state index in [1.165, 1.54) is 13.3 Å². The zero-order valence-electron chi connectivity index (χ0n) is 23.2. The number of likely N-dealkylation sites (tertiary alicyclic amines) is 1. The van der Waals surface area contributed by atoms with Gasteiger partial charge in [-0.05, 0) is 55.3 Å². The van der Waals surface area contributed by atoms with Crippen LogP contribution in [0.2, 0.25) is 5.02 Å². The summed E-state index contributed by atoms with van der Waals surface area (Å²) in [4.78, 5) is 41.1. The molecular weight excluding hydrogens is 552 g/mol. The number of fused-ring (bicyclic) bond motifs is 1. The molecule has 4 heterocycles. The van der Waals surface area contributed by atoms with Crippen molar-refractivity contribution in [3.05, 3.63) is 89.5 Å². The standard InChI is InChI=1S/C31H31ClN8O2/c1-20(41)33-13-16-40(30-26-9-12-34-29(26)35-19-36-30)25-4-2-3-23(17-25)31(42)39-14-10-22(11-15-39)28-18-27(37-38-28)21-5-7-24(32)8-6-21/h2-9,12,17-19,22H,10-11,13-16H2,1H3,(H,33,41)(H,37,38)(H,34,35,36). The molecule has 1 aliphatic rings. The number of rotatable bonds is 8. The average molecular weight is 583 g/mol. The summed E-state index contributed by atoms with van der Waals surface area (Å²) in [6.45, 7) is 3.70. The van der Waals surface area contributed by atoms with Crippen molar-refractivity contribution in [3.8, 4) is 11.3 Å². The Bertz CT molecular complexity index is 1710. The number of anilines is 2. The van der Waals surface area contributed by atoms with E-state index >= 15 is 0 Å². The van der Waals surface area contributed by atoms with Gasteiger partial charge in [0.05, 0.1) is 11.1 Å². The van der Waals surface area contributed by atoms with Crippen LogP contribution < -0.4 is 10.2 Å². The fourth-order valence-corrected chi connectivity index (χ4v) is 5.60. The van der Waals surface area contributed by atoms with Gasteiger partial charge in [0.25, 0.3) is 5.91 Å². The highest BCUT2D eigenvalue weighted by molar-refractivity contribution is 6.30. The van der Waals surface area contributed by atoms with Crippen LogP contribution in [0.3, 0.4) is 0 Å². The Balaban J connectivity index is 1.16. The van der Waals surface area contributed by atoms with Crippen LogP contribution in [-0.2, 0) is 4.79 Å². The number of benzene rings is 2. The second-order valence-corrected chi connectivity index (χ2v) is 10.8. The van der Waals surface area contributed by atoms with Crippen LogP contribution in [0.15, 0.2) is 73.2 Å². The second kappa shape index (κ2) is 12.0. The van der Waals surface area contributed by atoms with Gasteiger partial charge in [-0.3, -0.25) is 14.7 Å². The number of H-pyrrole nitrogens is 2. The van der Waals surface area contributed by atoms with Crippen molar-refractivity contribution in [2.75, 3.05) is 31.1 Å². The topological polar surface area (TPSA) is 123 Å². The maximum absolute atomic E-state index is 13.6. The van der Waals surface area contributed by atoms with E-state index in [9.17, 15) is 9.59 Å². The van der Waals surface area contributed by atoms with Gasteiger partial charge in [0, 0.05) is 72.7 Å². The summed E-state index contributed by atoms with van der Waals surface area (Å²) >= 11 is 6.03. The highest BCUT2D eigenvalue weighted by atomic mass is 35.5. The summed E-state index contributed by atoms with van der Waals surface area (Å²) < 4.78 is 0. The van der Waals surface area contributed by atoms with Crippen molar-refractivity contribution in [1.29, 1.82) is 0 Å². The number of aromatic nitrogens is 5. The molecule has 2 aromatic carbocycles. The Kier molecular flexibility index (Phi) is 7.87. The van der Waals surface area contributed by atoms with Gasteiger partial charge in [-0.25, -0.2) is 9.97 Å². The quantitative estimate of drug-likeness (QED) is 0.228. The van der Waals surface area contributed by atoms with Crippen molar-refractivity contribution in [3.63, 3.8) is 0 Å². The lowest BCUT2D eigenvalue weighted by atomic mass is 9.92. The Morgan fingerprint density at radius 2 is 1.88 bits per heavy atom. The summed E-state index contributed by atoms with van der Waals surface area (Å²) in [5.74, 6) is 0.903. The van der Waals surface area contributed by atoms with E-state index in [4.69, 9.17) is 11.6 Å². The number of amides is 2. The largest absolute Gasteiger partial charge is 0.355 e. The summed E-state index contributed by atoms with van der Waals surface area (Å²) in [5.41, 5.74) is 5.14. The maximum Gasteiger partial charge on any atom is 0.253 e. The van der Waals surface area contributed by atoms with Crippen LogP contribution in [0, 0.1) is 0 Å². The van der Waals surface area contributed by atoms with E-state index in [2.05, 4.69) is 36.5 Å². The van der Waals surface area contributed by atoms with Crippen LogP contribution in [0.1, 0.15) is 41.7 Å². The number of piperidine rings is 1. The van der Waals surface area contributed by atoms with Crippen molar-refractivity contribution < 1.29 is 9.59 Å². The van der Waals surface area contributed by atoms with Crippen LogP contribution in [-0.4, -0.2) is 68.0 Å². The number of hydrogen-bond donors (Lipinski definition) is 3. The Hall–Kier alpha value is -4.70. The molecule has 5 aromatic rings. The van der Waals surface area contributed by atoms with Gasteiger partial charge in [-0.15, -0.1) is 0 Å². The molecule has 0 spiro atoms. The molecule has 42 heavy (non-hydrogen) atoms. The third-order valence-corrected chi connectivity index (χ3v) is 7.91. The summed E-state index contributed by atoms with van der Waals surface area (Å²) in [5, 5.41) is 12.1. The first-order chi connectivity index (χ1) is 20.5. The Morgan fingerprint density at radius 1 is 1.07 bits per heavy atom. The third kappa shape index (κ3) is 5.84. The highest BCUT2D eigenvalue weighted by Gasteiger charge is 2.26. The van der Waals surface area contributed by atoms with E-state index in [0.717, 1.165) is 46.5 Å². The second-order valence-electron chi connectivity index (χ2n) is 10.4. The Labute approximate surface area is 248 Å². The van der Waals surface area contributed by atoms with E-state index in [1.54, 1.807) is 0 Å². The monoisotopic (exact) mass is 582 g/mol. The fraction of sp³-hybridized carbons (Fsp3) is 0.258.